The van der Waals surface area contributed by atoms with Gasteiger partial charge in [-0.1, -0.05) is 30.0 Å². The second-order valence-corrected chi connectivity index (χ2v) is 11.5. The fraction of sp³-hybridized carbons (Fsp3) is 0.429. The van der Waals surface area contributed by atoms with Gasteiger partial charge in [0.2, 0.25) is 0 Å². The summed E-state index contributed by atoms with van der Waals surface area (Å²) in [5.41, 5.74) is 2.62. The fourth-order valence-electron chi connectivity index (χ4n) is 5.89. The van der Waals surface area contributed by atoms with Crippen LogP contribution in [0.1, 0.15) is 24.8 Å². The third-order valence-electron chi connectivity index (χ3n) is 7.81. The summed E-state index contributed by atoms with van der Waals surface area (Å²) < 4.78 is 6.00. The first-order valence-electron chi connectivity index (χ1n) is 13.1. The number of anilines is 1. The number of aryl methyl sites for hydroxylation is 1. The van der Waals surface area contributed by atoms with Crippen LogP contribution in [0, 0.1) is 12.8 Å². The number of piperidine rings is 2. The van der Waals surface area contributed by atoms with E-state index in [9.17, 15) is 9.59 Å². The van der Waals surface area contributed by atoms with Crippen LogP contribution in [0.4, 0.5) is 10.5 Å². The van der Waals surface area contributed by atoms with Crippen LogP contribution in [0.25, 0.3) is 0 Å². The second-order valence-electron chi connectivity index (χ2n) is 10.3. The summed E-state index contributed by atoms with van der Waals surface area (Å²) in [7, 11) is 2.11. The Morgan fingerprint density at radius 3 is 2.62 bits per heavy atom. The summed E-state index contributed by atoms with van der Waals surface area (Å²) >= 11 is 1.56. The highest BCUT2D eigenvalue weighted by atomic mass is 32.2. The number of rotatable bonds is 5. The lowest BCUT2D eigenvalue weighted by molar-refractivity contribution is -0.117. The lowest BCUT2D eigenvalue weighted by atomic mass is 9.86. The lowest BCUT2D eigenvalue weighted by Gasteiger charge is -2.46. The van der Waals surface area contributed by atoms with Crippen LogP contribution >= 0.6 is 11.8 Å². The molecule has 2 aromatic rings. The van der Waals surface area contributed by atoms with E-state index < -0.39 is 0 Å². The van der Waals surface area contributed by atoms with Gasteiger partial charge in [-0.15, -0.1) is 0 Å². The molecular formula is C28H33N5O3S. The average Bonchev–Trinajstić information content (AvgIpc) is 3.27. The van der Waals surface area contributed by atoms with Crippen LogP contribution in [0.5, 0.6) is 11.5 Å². The zero-order valence-electron chi connectivity index (χ0n) is 21.2. The van der Waals surface area contributed by atoms with Crippen molar-refractivity contribution in [1.82, 2.24) is 20.9 Å². The van der Waals surface area contributed by atoms with Crippen molar-refractivity contribution in [3.05, 3.63) is 64.7 Å². The summed E-state index contributed by atoms with van der Waals surface area (Å²) in [6, 6.07) is 15.5. The highest BCUT2D eigenvalue weighted by molar-refractivity contribution is 8.04. The number of urea groups is 1. The van der Waals surface area contributed by atoms with Crippen LogP contribution in [0.3, 0.4) is 0 Å². The van der Waals surface area contributed by atoms with Gasteiger partial charge in [0, 0.05) is 23.3 Å². The highest BCUT2D eigenvalue weighted by Crippen LogP contribution is 2.48. The van der Waals surface area contributed by atoms with Crippen LogP contribution in [0.15, 0.2) is 59.1 Å². The average molecular weight is 520 g/mol. The van der Waals surface area contributed by atoms with Crippen molar-refractivity contribution in [3.8, 4) is 11.5 Å². The van der Waals surface area contributed by atoms with Gasteiger partial charge in [-0.05, 0) is 88.8 Å². The van der Waals surface area contributed by atoms with Gasteiger partial charge in [-0.3, -0.25) is 9.69 Å². The molecule has 3 atom stereocenters. The van der Waals surface area contributed by atoms with Crippen molar-refractivity contribution in [1.29, 1.82) is 0 Å². The van der Waals surface area contributed by atoms with E-state index in [0.29, 0.717) is 4.91 Å². The van der Waals surface area contributed by atoms with E-state index in [-0.39, 0.29) is 35.3 Å². The summed E-state index contributed by atoms with van der Waals surface area (Å²) in [4.78, 5) is 31.7. The number of likely N-dealkylation sites (tertiary alicyclic amines) is 1. The van der Waals surface area contributed by atoms with Gasteiger partial charge in [-0.25, -0.2) is 4.79 Å². The first-order chi connectivity index (χ1) is 18.0. The molecule has 3 unspecified atom stereocenters. The van der Waals surface area contributed by atoms with Crippen LogP contribution in [0.2, 0.25) is 0 Å². The number of carbonyl (C=O) groups is 2. The van der Waals surface area contributed by atoms with E-state index in [4.69, 9.17) is 4.74 Å². The first-order valence-corrected chi connectivity index (χ1v) is 13.9. The Balaban J connectivity index is 1.24. The molecule has 0 saturated carbocycles. The van der Waals surface area contributed by atoms with Gasteiger partial charge in [0.15, 0.2) is 0 Å². The molecule has 3 saturated heterocycles. The van der Waals surface area contributed by atoms with Gasteiger partial charge < -0.3 is 25.6 Å². The SMILES string of the molecule is Cc1cc(Oc2ccccc2)ccc1N1C(=O)NC2=C(C(=O)NC3CCN(C)CC3)SC3NCCC1C23. The minimum absolute atomic E-state index is 0.0179. The van der Waals surface area contributed by atoms with Gasteiger partial charge in [-0.2, -0.15) is 0 Å². The third kappa shape index (κ3) is 4.71. The molecule has 3 amide bonds. The Morgan fingerprint density at radius 2 is 1.86 bits per heavy atom. The molecular weight excluding hydrogens is 486 g/mol. The third-order valence-corrected chi connectivity index (χ3v) is 9.16. The van der Waals surface area contributed by atoms with E-state index in [1.165, 1.54) is 0 Å². The van der Waals surface area contributed by atoms with E-state index in [0.717, 1.165) is 67.3 Å². The minimum Gasteiger partial charge on any atom is -0.457 e. The molecule has 37 heavy (non-hydrogen) atoms. The number of para-hydroxylation sites is 1. The Kier molecular flexibility index (Phi) is 6.60. The normalized spacial score (nSPS) is 26.1. The molecule has 4 aliphatic heterocycles. The number of ether oxygens (including phenoxy) is 1. The van der Waals surface area contributed by atoms with Crippen LogP contribution in [-0.4, -0.2) is 61.0 Å². The molecule has 3 fully saturated rings. The van der Waals surface area contributed by atoms with E-state index >= 15 is 0 Å². The topological polar surface area (TPSA) is 85.9 Å². The molecule has 4 heterocycles. The zero-order chi connectivity index (χ0) is 25.5. The van der Waals surface area contributed by atoms with Crippen molar-refractivity contribution in [3.63, 3.8) is 0 Å². The molecule has 0 spiro atoms. The van der Waals surface area contributed by atoms with Gasteiger partial charge >= 0.3 is 6.03 Å². The maximum atomic E-state index is 13.5. The number of amides is 3. The Hall–Kier alpha value is -3.01. The van der Waals surface area contributed by atoms with E-state index in [1.54, 1.807) is 11.8 Å². The molecule has 0 radical (unpaired) electrons. The van der Waals surface area contributed by atoms with Crippen LogP contribution < -0.4 is 25.6 Å². The number of hydrogen-bond donors (Lipinski definition) is 3. The molecule has 0 bridgehead atoms. The van der Waals surface area contributed by atoms with Crippen molar-refractivity contribution in [2.45, 2.75) is 43.6 Å². The number of nitrogens with one attached hydrogen (secondary N) is 3. The van der Waals surface area contributed by atoms with E-state index in [1.807, 2.05) is 60.4 Å². The number of thioether (sulfide) groups is 1. The number of nitrogens with zero attached hydrogens (tertiary/aromatic N) is 2. The summed E-state index contributed by atoms with van der Waals surface area (Å²) in [6.45, 7) is 4.78. The largest absolute Gasteiger partial charge is 0.457 e. The zero-order valence-corrected chi connectivity index (χ0v) is 22.0. The highest BCUT2D eigenvalue weighted by Gasteiger charge is 2.52. The molecule has 4 aliphatic rings. The maximum Gasteiger partial charge on any atom is 0.326 e. The van der Waals surface area contributed by atoms with E-state index in [2.05, 4.69) is 27.9 Å². The number of benzene rings is 2. The Morgan fingerprint density at radius 1 is 1.08 bits per heavy atom. The summed E-state index contributed by atoms with van der Waals surface area (Å²) in [5.74, 6) is 1.49. The molecule has 2 aromatic carbocycles. The maximum absolute atomic E-state index is 13.5. The standard InChI is InChI=1S/C28H33N5O3S/c1-17-16-20(36-19-6-4-3-5-7-19)8-9-21(17)33-22-10-13-29-27-23(22)24(31-28(33)35)25(37-27)26(34)30-18-11-14-32(2)15-12-18/h3-9,16,18,22-23,27,29H,10-15H2,1-2H3,(H,30,34)(H,31,35). The van der Waals surface area contributed by atoms with Gasteiger partial charge in [0.1, 0.15) is 11.5 Å². The Labute approximate surface area is 221 Å². The molecule has 0 aromatic heterocycles. The Bertz CT molecular complexity index is 1230. The molecule has 3 N–H and O–H groups in total. The minimum atomic E-state index is -0.177. The molecule has 6 rings (SSSR count). The van der Waals surface area contributed by atoms with Gasteiger partial charge in [0.05, 0.1) is 16.3 Å². The summed E-state index contributed by atoms with van der Waals surface area (Å²) in [5, 5.41) is 10.00. The quantitative estimate of drug-likeness (QED) is 0.557. The number of hydrogen-bond acceptors (Lipinski definition) is 6. The molecule has 8 nitrogen and oxygen atoms in total. The lowest BCUT2D eigenvalue weighted by Crippen LogP contribution is -2.62. The molecule has 9 heteroatoms. The van der Waals surface area contributed by atoms with Gasteiger partial charge in [0.25, 0.3) is 5.91 Å². The monoisotopic (exact) mass is 519 g/mol. The van der Waals surface area contributed by atoms with Crippen molar-refractivity contribution < 1.29 is 14.3 Å². The fourth-order valence-corrected chi connectivity index (χ4v) is 7.29. The van der Waals surface area contributed by atoms with Crippen LogP contribution in [-0.2, 0) is 4.79 Å². The smallest absolute Gasteiger partial charge is 0.326 e. The predicted molar refractivity (Wildman–Crippen MR) is 146 cm³/mol. The van der Waals surface area contributed by atoms with Crippen molar-refractivity contribution in [2.75, 3.05) is 31.6 Å². The number of carbonyl (C=O) groups excluding carboxylic acids is 2. The van der Waals surface area contributed by atoms with Crippen molar-refractivity contribution in [2.24, 2.45) is 5.92 Å². The second kappa shape index (κ2) is 10.0. The first kappa shape index (κ1) is 24.3. The van der Waals surface area contributed by atoms with Crippen molar-refractivity contribution >= 4 is 29.4 Å². The predicted octanol–water partition coefficient (Wildman–Crippen LogP) is 3.79. The molecule has 194 valence electrons. The molecule has 0 aliphatic carbocycles. The summed E-state index contributed by atoms with van der Waals surface area (Å²) in [6.07, 6.45) is 2.73.